The van der Waals surface area contributed by atoms with Crippen LogP contribution in [0.3, 0.4) is 0 Å². The fourth-order valence-electron chi connectivity index (χ4n) is 2.03. The molecule has 0 saturated carbocycles. The number of thiophene rings is 1. The highest BCUT2D eigenvalue weighted by molar-refractivity contribution is 7.91. The van der Waals surface area contributed by atoms with Crippen molar-refractivity contribution >= 4 is 27.4 Å². The number of carbonyl (C=O) groups is 1. The fraction of sp³-hybridized carbons (Fsp3) is 0.312. The monoisotopic (exact) mass is 383 g/mol. The van der Waals surface area contributed by atoms with E-state index in [4.69, 9.17) is 4.74 Å². The zero-order chi connectivity index (χ0) is 18.4. The summed E-state index contributed by atoms with van der Waals surface area (Å²) in [5, 5.41) is 5.46. The quantitative estimate of drug-likeness (QED) is 0.766. The second-order valence-electron chi connectivity index (χ2n) is 5.36. The molecule has 1 heterocycles. The number of nitrogens with one attached hydrogen (secondary N) is 2. The summed E-state index contributed by atoms with van der Waals surface area (Å²) >= 11 is 1.14. The molecule has 0 aliphatic carbocycles. The van der Waals surface area contributed by atoms with E-state index < -0.39 is 10.0 Å². The molecule has 7 nitrogen and oxygen atoms in total. The molecule has 0 radical (unpaired) electrons. The summed E-state index contributed by atoms with van der Waals surface area (Å²) < 4.78 is 30.7. The van der Waals surface area contributed by atoms with Gasteiger partial charge in [0.2, 0.25) is 0 Å². The topological polar surface area (TPSA) is 87.7 Å². The minimum Gasteiger partial charge on any atom is -0.496 e. The van der Waals surface area contributed by atoms with Gasteiger partial charge in [-0.15, -0.1) is 11.3 Å². The van der Waals surface area contributed by atoms with Crippen molar-refractivity contribution in [3.05, 3.63) is 46.8 Å². The van der Waals surface area contributed by atoms with Crippen LogP contribution < -0.4 is 15.4 Å². The van der Waals surface area contributed by atoms with E-state index in [9.17, 15) is 13.2 Å². The number of rotatable bonds is 7. The van der Waals surface area contributed by atoms with E-state index >= 15 is 0 Å². The minimum atomic E-state index is -3.44. The second kappa shape index (κ2) is 8.32. The highest BCUT2D eigenvalue weighted by atomic mass is 32.2. The van der Waals surface area contributed by atoms with Crippen LogP contribution in [0.25, 0.3) is 0 Å². The first-order valence-corrected chi connectivity index (χ1v) is 9.75. The van der Waals surface area contributed by atoms with Gasteiger partial charge in [-0.05, 0) is 18.2 Å². The lowest BCUT2D eigenvalue weighted by atomic mass is 10.2. The summed E-state index contributed by atoms with van der Waals surface area (Å²) in [6, 6.07) is 10.3. The van der Waals surface area contributed by atoms with Crippen LogP contribution in [0.5, 0.6) is 5.75 Å². The standard InChI is InChI=1S/C16H21N3O4S2/c1-19(2)25(21,22)15-9-8-13(24-15)11-18-16(20)17-10-12-6-4-5-7-14(12)23-3/h4-9H,10-11H2,1-3H3,(H2,17,18,20). The number of carbonyl (C=O) groups excluding carboxylic acids is 1. The molecule has 136 valence electrons. The molecule has 0 bridgehead atoms. The molecule has 0 fully saturated rings. The molecule has 9 heteroatoms. The molecular formula is C16H21N3O4S2. The van der Waals surface area contributed by atoms with Gasteiger partial charge in [-0.2, -0.15) is 0 Å². The zero-order valence-electron chi connectivity index (χ0n) is 14.3. The van der Waals surface area contributed by atoms with E-state index in [2.05, 4.69) is 10.6 Å². The number of para-hydroxylation sites is 1. The van der Waals surface area contributed by atoms with Gasteiger partial charge >= 0.3 is 6.03 Å². The molecule has 2 amide bonds. The van der Waals surface area contributed by atoms with Gasteiger partial charge < -0.3 is 15.4 Å². The maximum atomic E-state index is 12.0. The van der Waals surface area contributed by atoms with Crippen LogP contribution in [0, 0.1) is 0 Å². The van der Waals surface area contributed by atoms with Crippen LogP contribution in [-0.2, 0) is 23.1 Å². The number of hydrogen-bond acceptors (Lipinski definition) is 5. The Hall–Kier alpha value is -2.10. The molecule has 25 heavy (non-hydrogen) atoms. The third-order valence-electron chi connectivity index (χ3n) is 3.43. The molecule has 2 N–H and O–H groups in total. The Morgan fingerprint density at radius 2 is 1.80 bits per heavy atom. The second-order valence-corrected chi connectivity index (χ2v) is 8.90. The first kappa shape index (κ1) is 19.2. The lowest BCUT2D eigenvalue weighted by Crippen LogP contribution is -2.34. The predicted octanol–water partition coefficient (Wildman–Crippen LogP) is 2.01. The van der Waals surface area contributed by atoms with Crippen molar-refractivity contribution in [1.82, 2.24) is 14.9 Å². The van der Waals surface area contributed by atoms with Crippen LogP contribution in [0.15, 0.2) is 40.6 Å². The number of methoxy groups -OCH3 is 1. The summed E-state index contributed by atoms with van der Waals surface area (Å²) in [6.45, 7) is 0.589. The Balaban J connectivity index is 1.88. The SMILES string of the molecule is COc1ccccc1CNC(=O)NCc1ccc(S(=O)(=O)N(C)C)s1. The summed E-state index contributed by atoms with van der Waals surface area (Å²) in [6.07, 6.45) is 0. The van der Waals surface area contributed by atoms with Crippen molar-refractivity contribution in [1.29, 1.82) is 0 Å². The van der Waals surface area contributed by atoms with E-state index in [1.165, 1.54) is 14.1 Å². The number of amides is 2. The summed E-state index contributed by atoms with van der Waals surface area (Å²) in [5.74, 6) is 0.708. The maximum Gasteiger partial charge on any atom is 0.315 e. The van der Waals surface area contributed by atoms with Crippen LogP contribution >= 0.6 is 11.3 Å². The average molecular weight is 383 g/mol. The first-order valence-electron chi connectivity index (χ1n) is 7.49. The van der Waals surface area contributed by atoms with E-state index in [0.717, 1.165) is 26.1 Å². The van der Waals surface area contributed by atoms with Gasteiger partial charge in [-0.1, -0.05) is 18.2 Å². The number of sulfonamides is 1. The molecule has 0 aliphatic rings. The third-order valence-corrected chi connectivity index (χ3v) is 6.79. The van der Waals surface area contributed by atoms with Gasteiger partial charge in [0.15, 0.2) is 0 Å². The molecule has 0 aliphatic heterocycles. The maximum absolute atomic E-state index is 12.0. The van der Waals surface area contributed by atoms with Gasteiger partial charge in [0.05, 0.1) is 13.7 Å². The molecular weight excluding hydrogens is 362 g/mol. The molecule has 0 unspecified atom stereocenters. The van der Waals surface area contributed by atoms with Gasteiger partial charge in [-0.25, -0.2) is 17.5 Å². The fourth-order valence-corrected chi connectivity index (χ4v) is 4.49. The van der Waals surface area contributed by atoms with Crippen molar-refractivity contribution in [2.45, 2.75) is 17.3 Å². The van der Waals surface area contributed by atoms with Crippen molar-refractivity contribution in [2.75, 3.05) is 21.2 Å². The third kappa shape index (κ3) is 4.94. The Kier molecular flexibility index (Phi) is 6.40. The summed E-state index contributed by atoms with van der Waals surface area (Å²) in [4.78, 5) is 12.7. The lowest BCUT2D eigenvalue weighted by Gasteiger charge is -2.10. The van der Waals surface area contributed by atoms with E-state index in [0.29, 0.717) is 12.3 Å². The normalized spacial score (nSPS) is 11.4. The van der Waals surface area contributed by atoms with E-state index in [1.807, 2.05) is 24.3 Å². The largest absolute Gasteiger partial charge is 0.496 e. The van der Waals surface area contributed by atoms with Gasteiger partial charge in [-0.3, -0.25) is 0 Å². The van der Waals surface area contributed by atoms with Crippen molar-refractivity contribution in [3.8, 4) is 5.75 Å². The molecule has 0 atom stereocenters. The zero-order valence-corrected chi connectivity index (χ0v) is 15.9. The average Bonchev–Trinajstić information content (AvgIpc) is 3.08. The van der Waals surface area contributed by atoms with Crippen molar-refractivity contribution < 1.29 is 17.9 Å². The highest BCUT2D eigenvalue weighted by Crippen LogP contribution is 2.23. The molecule has 2 rings (SSSR count). The summed E-state index contributed by atoms with van der Waals surface area (Å²) in [7, 11) is 1.11. The molecule has 0 spiro atoms. The lowest BCUT2D eigenvalue weighted by molar-refractivity contribution is 0.240. The predicted molar refractivity (Wildman–Crippen MR) is 97.3 cm³/mol. The van der Waals surface area contributed by atoms with E-state index in [-0.39, 0.29) is 16.8 Å². The number of ether oxygens (including phenoxy) is 1. The minimum absolute atomic E-state index is 0.253. The smallest absolute Gasteiger partial charge is 0.315 e. The molecule has 0 saturated heterocycles. The van der Waals surface area contributed by atoms with Crippen molar-refractivity contribution in [2.24, 2.45) is 0 Å². The number of hydrogen-bond donors (Lipinski definition) is 2. The molecule has 1 aromatic heterocycles. The van der Waals surface area contributed by atoms with Crippen LogP contribution in [0.2, 0.25) is 0 Å². The Morgan fingerprint density at radius 3 is 2.48 bits per heavy atom. The summed E-state index contributed by atoms with van der Waals surface area (Å²) in [5.41, 5.74) is 0.871. The van der Waals surface area contributed by atoms with Gasteiger partial charge in [0, 0.05) is 31.1 Å². The molecule has 1 aromatic carbocycles. The highest BCUT2D eigenvalue weighted by Gasteiger charge is 2.19. The Labute approximate surface area is 151 Å². The number of nitrogens with zero attached hydrogens (tertiary/aromatic N) is 1. The molecule has 2 aromatic rings. The first-order chi connectivity index (χ1) is 11.8. The van der Waals surface area contributed by atoms with Gasteiger partial charge in [0.25, 0.3) is 10.0 Å². The Bertz CT molecular complexity index is 831. The Morgan fingerprint density at radius 1 is 1.12 bits per heavy atom. The van der Waals surface area contributed by atoms with Crippen LogP contribution in [0.4, 0.5) is 4.79 Å². The van der Waals surface area contributed by atoms with Crippen LogP contribution in [-0.4, -0.2) is 40.0 Å². The van der Waals surface area contributed by atoms with E-state index in [1.54, 1.807) is 19.2 Å². The number of benzene rings is 1. The number of urea groups is 1. The van der Waals surface area contributed by atoms with Gasteiger partial charge in [0.1, 0.15) is 9.96 Å². The van der Waals surface area contributed by atoms with Crippen LogP contribution in [0.1, 0.15) is 10.4 Å². The van der Waals surface area contributed by atoms with Crippen molar-refractivity contribution in [3.63, 3.8) is 0 Å².